The second kappa shape index (κ2) is 6.06. The number of nitrogens with zero attached hydrogens (tertiary/aromatic N) is 1. The molecule has 1 amide bonds. The zero-order valence-corrected chi connectivity index (χ0v) is 11.6. The van der Waals surface area contributed by atoms with Crippen LogP contribution in [0.3, 0.4) is 0 Å². The molecule has 0 fully saturated rings. The largest absolute Gasteiger partial charge is 0.497 e. The average molecular weight is 272 g/mol. The van der Waals surface area contributed by atoms with Gasteiger partial charge in [-0.2, -0.15) is 5.10 Å². The minimum Gasteiger partial charge on any atom is -0.497 e. The molecule has 0 bridgehead atoms. The number of benzene rings is 1. The van der Waals surface area contributed by atoms with E-state index in [-0.39, 0.29) is 5.91 Å². The molecule has 0 radical (unpaired) electrons. The molecular weight excluding hydrogens is 256 g/mol. The van der Waals surface area contributed by atoms with Crippen LogP contribution in [-0.4, -0.2) is 19.2 Å². The number of hydrogen-bond acceptors (Lipinski definition) is 4. The molecule has 104 valence electrons. The van der Waals surface area contributed by atoms with Crippen molar-refractivity contribution in [2.45, 2.75) is 13.8 Å². The van der Waals surface area contributed by atoms with Crippen LogP contribution in [0.5, 0.6) is 5.75 Å². The number of hydrogen-bond donors (Lipinski definition) is 1. The maximum atomic E-state index is 11.9. The standard InChI is InChI=1S/C15H16N2O3/c1-10-7-14(11(2)20-10)15(18)17-16-9-12-5-4-6-13(8-12)19-3/h4-9H,1-3H3,(H,17,18)/b16-9-. The van der Waals surface area contributed by atoms with Crippen molar-refractivity contribution in [1.29, 1.82) is 0 Å². The maximum Gasteiger partial charge on any atom is 0.274 e. The van der Waals surface area contributed by atoms with Crippen LogP contribution in [0.25, 0.3) is 0 Å². The Labute approximate surface area is 117 Å². The van der Waals surface area contributed by atoms with Gasteiger partial charge in [-0.15, -0.1) is 0 Å². The van der Waals surface area contributed by atoms with Crippen LogP contribution in [0, 0.1) is 13.8 Å². The van der Waals surface area contributed by atoms with E-state index in [1.54, 1.807) is 33.2 Å². The number of furan rings is 1. The first-order valence-electron chi connectivity index (χ1n) is 6.14. The van der Waals surface area contributed by atoms with Gasteiger partial charge < -0.3 is 9.15 Å². The molecule has 0 aliphatic rings. The zero-order chi connectivity index (χ0) is 14.5. The molecule has 0 atom stereocenters. The summed E-state index contributed by atoms with van der Waals surface area (Å²) < 4.78 is 10.4. The SMILES string of the molecule is COc1cccc(/C=N\NC(=O)c2cc(C)oc2C)c1. The summed E-state index contributed by atoms with van der Waals surface area (Å²) in [6.45, 7) is 3.54. The average Bonchev–Trinajstić information content (AvgIpc) is 2.78. The van der Waals surface area contributed by atoms with Crippen molar-refractivity contribution >= 4 is 12.1 Å². The fourth-order valence-corrected chi connectivity index (χ4v) is 1.80. The molecule has 0 aliphatic carbocycles. The van der Waals surface area contributed by atoms with E-state index >= 15 is 0 Å². The lowest BCUT2D eigenvalue weighted by Gasteiger charge is -2.00. The molecule has 0 spiro atoms. The third kappa shape index (κ3) is 3.26. The highest BCUT2D eigenvalue weighted by molar-refractivity contribution is 5.95. The van der Waals surface area contributed by atoms with Crippen molar-refractivity contribution in [2.75, 3.05) is 7.11 Å². The van der Waals surface area contributed by atoms with E-state index in [0.29, 0.717) is 17.1 Å². The Morgan fingerprint density at radius 1 is 1.35 bits per heavy atom. The Hall–Kier alpha value is -2.56. The normalized spacial score (nSPS) is 10.8. The van der Waals surface area contributed by atoms with Crippen molar-refractivity contribution in [3.63, 3.8) is 0 Å². The van der Waals surface area contributed by atoms with Crippen LogP contribution in [0.15, 0.2) is 39.9 Å². The van der Waals surface area contributed by atoms with E-state index in [9.17, 15) is 4.79 Å². The topological polar surface area (TPSA) is 63.8 Å². The van der Waals surface area contributed by atoms with E-state index < -0.39 is 0 Å². The lowest BCUT2D eigenvalue weighted by molar-refractivity contribution is 0.0953. The Kier molecular flexibility index (Phi) is 4.20. The summed E-state index contributed by atoms with van der Waals surface area (Å²) >= 11 is 0. The van der Waals surface area contributed by atoms with E-state index in [1.807, 2.05) is 24.3 Å². The van der Waals surface area contributed by atoms with Crippen LogP contribution in [0.2, 0.25) is 0 Å². The zero-order valence-electron chi connectivity index (χ0n) is 11.6. The predicted octanol–water partition coefficient (Wildman–Crippen LogP) is 2.67. The van der Waals surface area contributed by atoms with Gasteiger partial charge in [-0.25, -0.2) is 5.43 Å². The molecule has 1 aromatic carbocycles. The van der Waals surface area contributed by atoms with Crippen LogP contribution in [0.4, 0.5) is 0 Å². The van der Waals surface area contributed by atoms with Gasteiger partial charge in [0, 0.05) is 0 Å². The number of rotatable bonds is 4. The summed E-state index contributed by atoms with van der Waals surface area (Å²) in [7, 11) is 1.60. The van der Waals surface area contributed by atoms with Crippen molar-refractivity contribution < 1.29 is 13.9 Å². The summed E-state index contributed by atoms with van der Waals surface area (Å²) in [6.07, 6.45) is 1.56. The number of nitrogens with one attached hydrogen (secondary N) is 1. The van der Waals surface area contributed by atoms with Crippen molar-refractivity contribution in [2.24, 2.45) is 5.10 Å². The van der Waals surface area contributed by atoms with E-state index in [1.165, 1.54) is 0 Å². The molecule has 2 rings (SSSR count). The fraction of sp³-hybridized carbons (Fsp3) is 0.200. The monoisotopic (exact) mass is 272 g/mol. The molecule has 5 heteroatoms. The highest BCUT2D eigenvalue weighted by Crippen LogP contribution is 2.13. The molecular formula is C15H16N2O3. The summed E-state index contributed by atoms with van der Waals surface area (Å²) in [5.41, 5.74) is 3.80. The highest BCUT2D eigenvalue weighted by Gasteiger charge is 2.12. The molecule has 1 heterocycles. The second-order valence-electron chi connectivity index (χ2n) is 4.30. The molecule has 0 unspecified atom stereocenters. The number of amides is 1. The van der Waals surface area contributed by atoms with Gasteiger partial charge in [0.1, 0.15) is 17.3 Å². The smallest absolute Gasteiger partial charge is 0.274 e. The van der Waals surface area contributed by atoms with Crippen LogP contribution in [-0.2, 0) is 0 Å². The minimum atomic E-state index is -0.293. The predicted molar refractivity (Wildman–Crippen MR) is 76.2 cm³/mol. The molecule has 1 aromatic heterocycles. The second-order valence-corrected chi connectivity index (χ2v) is 4.30. The summed E-state index contributed by atoms with van der Waals surface area (Å²) in [5, 5.41) is 3.92. The van der Waals surface area contributed by atoms with E-state index in [4.69, 9.17) is 9.15 Å². The molecule has 0 saturated heterocycles. The summed E-state index contributed by atoms with van der Waals surface area (Å²) in [5.74, 6) is 1.72. The van der Waals surface area contributed by atoms with Gasteiger partial charge in [0.25, 0.3) is 5.91 Å². The van der Waals surface area contributed by atoms with Crippen LogP contribution in [0.1, 0.15) is 27.4 Å². The van der Waals surface area contributed by atoms with Crippen molar-refractivity contribution in [1.82, 2.24) is 5.43 Å². The molecule has 0 aliphatic heterocycles. The first-order valence-corrected chi connectivity index (χ1v) is 6.14. The molecule has 0 saturated carbocycles. The first-order chi connectivity index (χ1) is 9.60. The number of carbonyl (C=O) groups is 1. The van der Waals surface area contributed by atoms with Crippen LogP contribution < -0.4 is 10.2 Å². The van der Waals surface area contributed by atoms with Gasteiger partial charge in [-0.3, -0.25) is 4.79 Å². The highest BCUT2D eigenvalue weighted by atomic mass is 16.5. The minimum absolute atomic E-state index is 0.293. The number of carbonyl (C=O) groups excluding carboxylic acids is 1. The van der Waals surface area contributed by atoms with Gasteiger partial charge in [0.05, 0.1) is 18.9 Å². The Bertz CT molecular complexity index is 644. The summed E-state index contributed by atoms with van der Waals surface area (Å²) in [4.78, 5) is 11.9. The van der Waals surface area contributed by atoms with Crippen molar-refractivity contribution in [3.8, 4) is 5.75 Å². The number of methoxy groups -OCH3 is 1. The van der Waals surface area contributed by atoms with E-state index in [0.717, 1.165) is 11.3 Å². The Morgan fingerprint density at radius 3 is 2.80 bits per heavy atom. The number of aryl methyl sites for hydroxylation is 2. The molecule has 2 aromatic rings. The third-order valence-corrected chi connectivity index (χ3v) is 2.76. The van der Waals surface area contributed by atoms with Crippen LogP contribution >= 0.6 is 0 Å². The lowest BCUT2D eigenvalue weighted by atomic mass is 10.2. The van der Waals surface area contributed by atoms with Gasteiger partial charge in [-0.05, 0) is 37.6 Å². The molecule has 1 N–H and O–H groups in total. The first kappa shape index (κ1) is 13.9. The van der Waals surface area contributed by atoms with Gasteiger partial charge in [0.15, 0.2) is 0 Å². The Balaban J connectivity index is 2.02. The van der Waals surface area contributed by atoms with Gasteiger partial charge in [-0.1, -0.05) is 12.1 Å². The lowest BCUT2D eigenvalue weighted by Crippen LogP contribution is -2.17. The maximum absolute atomic E-state index is 11.9. The number of hydrazone groups is 1. The van der Waals surface area contributed by atoms with Gasteiger partial charge >= 0.3 is 0 Å². The summed E-state index contributed by atoms with van der Waals surface area (Å²) in [6, 6.07) is 9.07. The molecule has 5 nitrogen and oxygen atoms in total. The quantitative estimate of drug-likeness (QED) is 0.687. The third-order valence-electron chi connectivity index (χ3n) is 2.76. The van der Waals surface area contributed by atoms with Crippen molar-refractivity contribution in [3.05, 3.63) is 53.0 Å². The fourth-order valence-electron chi connectivity index (χ4n) is 1.80. The van der Waals surface area contributed by atoms with E-state index in [2.05, 4.69) is 10.5 Å². The number of ether oxygens (including phenoxy) is 1. The molecule has 20 heavy (non-hydrogen) atoms. The van der Waals surface area contributed by atoms with Gasteiger partial charge in [0.2, 0.25) is 0 Å². The Morgan fingerprint density at radius 2 is 2.15 bits per heavy atom.